The zero-order chi connectivity index (χ0) is 20.9. The lowest BCUT2D eigenvalue weighted by atomic mass is 10.1. The number of rotatable bonds is 16. The smallest absolute Gasteiger partial charge is 0.306 e. The van der Waals surface area contributed by atoms with E-state index in [1.807, 2.05) is 12.2 Å². The van der Waals surface area contributed by atoms with Gasteiger partial charge in [0.25, 0.3) is 0 Å². The highest BCUT2D eigenvalue weighted by Gasteiger charge is 2.12. The van der Waals surface area contributed by atoms with Crippen molar-refractivity contribution >= 4 is 5.97 Å². The summed E-state index contributed by atoms with van der Waals surface area (Å²) in [5, 5.41) is 27.5. The molecule has 0 aromatic rings. The van der Waals surface area contributed by atoms with Crippen LogP contribution in [0.1, 0.15) is 51.9 Å². The van der Waals surface area contributed by atoms with Crippen molar-refractivity contribution in [2.24, 2.45) is 0 Å². The van der Waals surface area contributed by atoms with Gasteiger partial charge in [-0.05, 0) is 38.5 Å². The number of carbonyl (C=O) groups is 1. The SMILES string of the molecule is CC/C=C\C/C=C\C/C=C\C/C=C\C=C\C(O)CCCC(=O)OC(CO)CO. The van der Waals surface area contributed by atoms with Gasteiger partial charge in [-0.15, -0.1) is 0 Å². The van der Waals surface area contributed by atoms with Crippen molar-refractivity contribution in [2.75, 3.05) is 13.2 Å². The van der Waals surface area contributed by atoms with Gasteiger partial charge >= 0.3 is 5.97 Å². The van der Waals surface area contributed by atoms with Crippen molar-refractivity contribution in [3.05, 3.63) is 60.8 Å². The molecule has 0 heterocycles. The Hall–Kier alpha value is -1.95. The topological polar surface area (TPSA) is 87.0 Å². The Bertz CT molecular complexity index is 513. The third-order valence-corrected chi connectivity index (χ3v) is 3.72. The molecular weight excluding hydrogens is 356 g/mol. The average molecular weight is 393 g/mol. The largest absolute Gasteiger partial charge is 0.457 e. The fourth-order valence-electron chi connectivity index (χ4n) is 2.16. The average Bonchev–Trinajstić information content (AvgIpc) is 2.69. The number of allylic oxidation sites excluding steroid dienone is 9. The molecule has 1 atom stereocenters. The minimum absolute atomic E-state index is 0.144. The fourth-order valence-corrected chi connectivity index (χ4v) is 2.16. The van der Waals surface area contributed by atoms with E-state index in [9.17, 15) is 9.90 Å². The standard InChI is InChI=1S/C23H36O5/c1-2-3-4-5-6-7-8-9-10-11-12-13-14-16-21(26)17-15-18-23(27)28-22(19-24)20-25/h3-4,6-7,9-10,12-14,16,21-22,24-26H,2,5,8,11,15,17-20H2,1H3/b4-3-,7-6-,10-9-,13-12-,16-14+. The molecule has 0 saturated heterocycles. The summed E-state index contributed by atoms with van der Waals surface area (Å²) < 4.78 is 4.85. The molecule has 0 aliphatic heterocycles. The third kappa shape index (κ3) is 17.5. The molecule has 0 aromatic carbocycles. The van der Waals surface area contributed by atoms with Crippen molar-refractivity contribution in [3.63, 3.8) is 0 Å². The first-order valence-corrected chi connectivity index (χ1v) is 10.0. The second-order valence-corrected chi connectivity index (χ2v) is 6.28. The van der Waals surface area contributed by atoms with E-state index < -0.39 is 31.4 Å². The quantitative estimate of drug-likeness (QED) is 0.211. The second-order valence-electron chi connectivity index (χ2n) is 6.28. The van der Waals surface area contributed by atoms with E-state index in [-0.39, 0.29) is 6.42 Å². The first kappa shape index (κ1) is 26.1. The van der Waals surface area contributed by atoms with Gasteiger partial charge in [0.2, 0.25) is 0 Å². The molecule has 0 aromatic heterocycles. The maximum absolute atomic E-state index is 11.5. The van der Waals surface area contributed by atoms with Crippen LogP contribution in [0.3, 0.4) is 0 Å². The van der Waals surface area contributed by atoms with Gasteiger partial charge in [0, 0.05) is 6.42 Å². The van der Waals surface area contributed by atoms with Crippen molar-refractivity contribution in [2.45, 2.75) is 64.1 Å². The van der Waals surface area contributed by atoms with Gasteiger partial charge in [-0.3, -0.25) is 4.79 Å². The molecule has 5 nitrogen and oxygen atoms in total. The summed E-state index contributed by atoms with van der Waals surface area (Å²) in [5.41, 5.74) is 0. The summed E-state index contributed by atoms with van der Waals surface area (Å²) in [7, 11) is 0. The Labute approximate surface area is 169 Å². The second kappa shape index (κ2) is 19.8. The zero-order valence-electron chi connectivity index (χ0n) is 17.0. The van der Waals surface area contributed by atoms with Crippen molar-refractivity contribution < 1.29 is 24.9 Å². The highest BCUT2D eigenvalue weighted by atomic mass is 16.6. The lowest BCUT2D eigenvalue weighted by molar-refractivity contribution is -0.153. The van der Waals surface area contributed by atoms with E-state index in [0.717, 1.165) is 25.7 Å². The Morgan fingerprint density at radius 1 is 0.893 bits per heavy atom. The normalized spacial score (nSPS) is 13.9. The number of ether oxygens (including phenoxy) is 1. The zero-order valence-corrected chi connectivity index (χ0v) is 17.0. The highest BCUT2D eigenvalue weighted by Crippen LogP contribution is 2.05. The first-order valence-electron chi connectivity index (χ1n) is 10.0. The van der Waals surface area contributed by atoms with Crippen LogP contribution in [0, 0.1) is 0 Å². The lowest BCUT2D eigenvalue weighted by Gasteiger charge is -2.12. The molecule has 0 fully saturated rings. The monoisotopic (exact) mass is 392 g/mol. The molecule has 1 unspecified atom stereocenters. The van der Waals surface area contributed by atoms with Crippen LogP contribution in [0.25, 0.3) is 0 Å². The van der Waals surface area contributed by atoms with Gasteiger partial charge in [-0.1, -0.05) is 67.7 Å². The van der Waals surface area contributed by atoms with Crippen LogP contribution in [-0.2, 0) is 9.53 Å². The number of hydrogen-bond donors (Lipinski definition) is 3. The number of aliphatic hydroxyl groups is 3. The van der Waals surface area contributed by atoms with E-state index in [0.29, 0.717) is 12.8 Å². The molecule has 158 valence electrons. The van der Waals surface area contributed by atoms with Crippen molar-refractivity contribution in [3.8, 4) is 0 Å². The molecule has 0 spiro atoms. The molecule has 5 heteroatoms. The van der Waals surface area contributed by atoms with Crippen LogP contribution >= 0.6 is 0 Å². The van der Waals surface area contributed by atoms with Crippen LogP contribution in [0.4, 0.5) is 0 Å². The summed E-state index contributed by atoms with van der Waals surface area (Å²) in [6.45, 7) is 1.33. The predicted molar refractivity (Wildman–Crippen MR) is 114 cm³/mol. The van der Waals surface area contributed by atoms with Crippen molar-refractivity contribution in [1.29, 1.82) is 0 Å². The summed E-state index contributed by atoms with van der Waals surface area (Å²) in [6, 6.07) is 0. The lowest BCUT2D eigenvalue weighted by Crippen LogP contribution is -2.25. The van der Waals surface area contributed by atoms with Gasteiger partial charge in [0.15, 0.2) is 0 Å². The van der Waals surface area contributed by atoms with Crippen molar-refractivity contribution in [1.82, 2.24) is 0 Å². The molecule has 0 amide bonds. The molecule has 0 aliphatic carbocycles. The molecule has 0 saturated carbocycles. The van der Waals surface area contributed by atoms with E-state index in [2.05, 4.69) is 43.4 Å². The Morgan fingerprint density at radius 3 is 2.04 bits per heavy atom. The van der Waals surface area contributed by atoms with E-state index in [4.69, 9.17) is 14.9 Å². The number of aliphatic hydroxyl groups excluding tert-OH is 3. The van der Waals surface area contributed by atoms with Gasteiger partial charge in [0.1, 0.15) is 6.10 Å². The van der Waals surface area contributed by atoms with Gasteiger partial charge in [-0.2, -0.15) is 0 Å². The van der Waals surface area contributed by atoms with E-state index >= 15 is 0 Å². The van der Waals surface area contributed by atoms with Crippen LogP contribution in [0.15, 0.2) is 60.8 Å². The number of hydrogen-bond acceptors (Lipinski definition) is 5. The highest BCUT2D eigenvalue weighted by molar-refractivity contribution is 5.69. The summed E-state index contributed by atoms with van der Waals surface area (Å²) in [6.07, 6.45) is 23.7. The maximum Gasteiger partial charge on any atom is 0.306 e. The molecule has 0 bridgehead atoms. The van der Waals surface area contributed by atoms with E-state index in [1.165, 1.54) is 0 Å². The maximum atomic E-state index is 11.5. The number of carbonyl (C=O) groups excluding carboxylic acids is 1. The molecule has 0 aliphatic rings. The Morgan fingerprint density at radius 2 is 1.46 bits per heavy atom. The van der Waals surface area contributed by atoms with Crippen LogP contribution in [-0.4, -0.2) is 46.7 Å². The predicted octanol–water partition coefficient (Wildman–Crippen LogP) is 3.78. The fraction of sp³-hybridized carbons (Fsp3) is 0.522. The third-order valence-electron chi connectivity index (χ3n) is 3.72. The molecular formula is C23H36O5. The first-order chi connectivity index (χ1) is 13.6. The molecule has 0 rings (SSSR count). The van der Waals surface area contributed by atoms with Gasteiger partial charge in [0.05, 0.1) is 19.3 Å². The summed E-state index contributed by atoms with van der Waals surface area (Å²) >= 11 is 0. The minimum atomic E-state index is -0.865. The van der Waals surface area contributed by atoms with Gasteiger partial charge < -0.3 is 20.1 Å². The number of esters is 1. The molecule has 0 radical (unpaired) electrons. The Balaban J connectivity index is 3.78. The van der Waals surface area contributed by atoms with Crippen LogP contribution in [0.2, 0.25) is 0 Å². The summed E-state index contributed by atoms with van der Waals surface area (Å²) in [5.74, 6) is -0.483. The summed E-state index contributed by atoms with van der Waals surface area (Å²) in [4.78, 5) is 11.5. The molecule has 3 N–H and O–H groups in total. The van der Waals surface area contributed by atoms with Crippen LogP contribution < -0.4 is 0 Å². The Kier molecular flexibility index (Phi) is 18.4. The van der Waals surface area contributed by atoms with Crippen LogP contribution in [0.5, 0.6) is 0 Å². The molecule has 28 heavy (non-hydrogen) atoms. The van der Waals surface area contributed by atoms with Gasteiger partial charge in [-0.25, -0.2) is 0 Å². The van der Waals surface area contributed by atoms with E-state index in [1.54, 1.807) is 12.2 Å². The minimum Gasteiger partial charge on any atom is -0.457 e.